The molecule has 0 saturated carbocycles. The third-order valence-electron chi connectivity index (χ3n) is 2.88. The second kappa shape index (κ2) is 5.50. The van der Waals surface area contributed by atoms with Crippen LogP contribution in [0.2, 0.25) is 0 Å². The van der Waals surface area contributed by atoms with E-state index in [0.29, 0.717) is 36.3 Å². The van der Waals surface area contributed by atoms with Gasteiger partial charge in [0.1, 0.15) is 11.4 Å². The van der Waals surface area contributed by atoms with Crippen LogP contribution >= 0.6 is 11.6 Å². The quantitative estimate of drug-likeness (QED) is 0.421. The topological polar surface area (TPSA) is 81.4 Å². The number of morpholine rings is 1. The average molecular weight is 269 g/mol. The molecule has 18 heavy (non-hydrogen) atoms. The summed E-state index contributed by atoms with van der Waals surface area (Å²) in [4.78, 5) is 22.1. The molecule has 2 aliphatic rings. The minimum absolute atomic E-state index is 0.243. The van der Waals surface area contributed by atoms with Crippen molar-refractivity contribution in [3.05, 3.63) is 28.9 Å². The van der Waals surface area contributed by atoms with Crippen molar-refractivity contribution < 1.29 is 14.3 Å². The molecule has 3 N–H and O–H groups in total. The predicted molar refractivity (Wildman–Crippen MR) is 66.6 cm³/mol. The lowest BCUT2D eigenvalue weighted by Crippen LogP contribution is -2.45. The van der Waals surface area contributed by atoms with Gasteiger partial charge in [-0.05, 0) is 11.6 Å². The highest BCUT2D eigenvalue weighted by Crippen LogP contribution is 2.26. The van der Waals surface area contributed by atoms with E-state index < -0.39 is 5.91 Å². The number of ether oxygens (including phenoxy) is 1. The average Bonchev–Trinajstić information content (AvgIpc) is 2.38. The van der Waals surface area contributed by atoms with Crippen molar-refractivity contribution >= 4 is 23.4 Å². The maximum Gasteiger partial charge on any atom is 0.248 e. The number of nitrogens with one attached hydrogen (secondary N) is 1. The van der Waals surface area contributed by atoms with Gasteiger partial charge in [0.05, 0.1) is 12.7 Å². The summed E-state index contributed by atoms with van der Waals surface area (Å²) < 4.78 is 5.55. The molecule has 1 aliphatic heterocycles. The monoisotopic (exact) mass is 268 g/mol. The van der Waals surface area contributed by atoms with Gasteiger partial charge < -0.3 is 10.5 Å². The van der Waals surface area contributed by atoms with Gasteiger partial charge in [-0.15, -0.1) is 11.6 Å². The first-order chi connectivity index (χ1) is 8.61. The maximum atomic E-state index is 11.4. The third kappa shape index (κ3) is 2.71. The Hall–Kier alpha value is -1.39. The van der Waals surface area contributed by atoms with Crippen molar-refractivity contribution in [2.75, 3.05) is 13.2 Å². The minimum atomic E-state index is -0.525. The normalized spacial score (nSPS) is 28.2. The summed E-state index contributed by atoms with van der Waals surface area (Å²) >= 11 is 5.85. The molecule has 0 aromatic carbocycles. The molecule has 0 bridgehead atoms. The van der Waals surface area contributed by atoms with E-state index in [1.165, 1.54) is 0 Å². The molecule has 2 unspecified atom stereocenters. The molecule has 0 aromatic heterocycles. The molecule has 0 radical (unpaired) electrons. The van der Waals surface area contributed by atoms with E-state index in [2.05, 4.69) is 5.32 Å². The van der Waals surface area contributed by atoms with E-state index in [1.54, 1.807) is 12.2 Å². The van der Waals surface area contributed by atoms with Crippen molar-refractivity contribution in [3.8, 4) is 0 Å². The Kier molecular flexibility index (Phi) is 3.99. The number of rotatable bonds is 2. The third-order valence-corrected chi connectivity index (χ3v) is 3.16. The van der Waals surface area contributed by atoms with Crippen LogP contribution in [0.5, 0.6) is 0 Å². The summed E-state index contributed by atoms with van der Waals surface area (Å²) in [6, 6.07) is 0. The number of hydrogen-bond acceptors (Lipinski definition) is 4. The molecule has 1 aliphatic carbocycles. The molecule has 1 fully saturated rings. The number of primary amides is 1. The van der Waals surface area contributed by atoms with Crippen molar-refractivity contribution in [2.24, 2.45) is 5.73 Å². The zero-order valence-corrected chi connectivity index (χ0v) is 10.4. The van der Waals surface area contributed by atoms with E-state index in [0.717, 1.165) is 0 Å². The Labute approximate surface area is 109 Å². The molecule has 6 heteroatoms. The van der Waals surface area contributed by atoms with Crippen LogP contribution in [0.4, 0.5) is 0 Å². The van der Waals surface area contributed by atoms with Crippen LogP contribution in [-0.2, 0) is 14.3 Å². The number of halogens is 1. The van der Waals surface area contributed by atoms with Gasteiger partial charge in [0, 0.05) is 24.1 Å². The van der Waals surface area contributed by atoms with Crippen molar-refractivity contribution in [2.45, 2.75) is 18.0 Å². The Bertz CT molecular complexity index is 470. The predicted octanol–water partition coefficient (Wildman–Crippen LogP) is 0.0395. The van der Waals surface area contributed by atoms with Crippen LogP contribution in [0, 0.1) is 0 Å². The van der Waals surface area contributed by atoms with E-state index in [-0.39, 0.29) is 11.6 Å². The fraction of sp³-hybridized carbons (Fsp3) is 0.417. The molecule has 1 amide bonds. The molecule has 2 atom stereocenters. The lowest BCUT2D eigenvalue weighted by molar-refractivity contribution is -0.114. The number of allylic oxidation sites excluding steroid dienone is 3. The van der Waals surface area contributed by atoms with Crippen LogP contribution in [-0.4, -0.2) is 36.6 Å². The lowest BCUT2D eigenvalue weighted by Gasteiger charge is -2.30. The maximum absolute atomic E-state index is 11.4. The zero-order chi connectivity index (χ0) is 13.1. The smallest absolute Gasteiger partial charge is 0.248 e. The van der Waals surface area contributed by atoms with Crippen LogP contribution in [0.1, 0.15) is 6.42 Å². The Morgan fingerprint density at radius 1 is 1.61 bits per heavy atom. The molecule has 2 rings (SSSR count). The van der Waals surface area contributed by atoms with Crippen molar-refractivity contribution in [1.29, 1.82) is 0 Å². The number of carbonyl (C=O) groups excluding carboxylic acids is 2. The lowest BCUT2D eigenvalue weighted by atomic mass is 9.90. The summed E-state index contributed by atoms with van der Waals surface area (Å²) in [5.41, 5.74) is 6.57. The highest BCUT2D eigenvalue weighted by Gasteiger charge is 2.28. The highest BCUT2D eigenvalue weighted by molar-refractivity contribution is 6.20. The van der Waals surface area contributed by atoms with Gasteiger partial charge in [0.25, 0.3) is 0 Å². The largest absolute Gasteiger partial charge is 0.369 e. The van der Waals surface area contributed by atoms with Gasteiger partial charge >= 0.3 is 0 Å². The van der Waals surface area contributed by atoms with Crippen molar-refractivity contribution in [3.63, 3.8) is 0 Å². The molecule has 96 valence electrons. The highest BCUT2D eigenvalue weighted by atomic mass is 35.5. The fourth-order valence-electron chi connectivity index (χ4n) is 1.99. The number of nitrogens with two attached hydrogens (primary N) is 1. The van der Waals surface area contributed by atoms with Crippen molar-refractivity contribution in [1.82, 2.24) is 5.32 Å². The van der Waals surface area contributed by atoms with Gasteiger partial charge in [0.2, 0.25) is 5.91 Å². The summed E-state index contributed by atoms with van der Waals surface area (Å²) in [5.74, 6) is 1.31. The second-order valence-electron chi connectivity index (χ2n) is 4.11. The van der Waals surface area contributed by atoms with Gasteiger partial charge in [-0.2, -0.15) is 0 Å². The van der Waals surface area contributed by atoms with Gasteiger partial charge in [-0.1, -0.05) is 6.08 Å². The van der Waals surface area contributed by atoms with Gasteiger partial charge in [-0.3, -0.25) is 10.1 Å². The molecule has 1 saturated heterocycles. The number of hydrogen-bond donors (Lipinski definition) is 2. The Balaban J connectivity index is 2.26. The first-order valence-corrected chi connectivity index (χ1v) is 6.00. The fourth-order valence-corrected chi connectivity index (χ4v) is 2.15. The van der Waals surface area contributed by atoms with Crippen LogP contribution in [0.15, 0.2) is 28.9 Å². The summed E-state index contributed by atoms with van der Waals surface area (Å²) in [5, 5.41) is 3.03. The molecule has 5 nitrogen and oxygen atoms in total. The van der Waals surface area contributed by atoms with Gasteiger partial charge in [0.15, 0.2) is 0 Å². The number of alkyl halides is 1. The number of amides is 1. The standard InChI is InChI=1S/C12H13ClN2O3/c13-11-6-18-10(4-15-11)9-3-7(5-16)1-2-8(9)12(14)17/h2-3,10-11,15H,1,4,6H2,(H2,14,17). The van der Waals surface area contributed by atoms with E-state index in [9.17, 15) is 9.59 Å². The van der Waals surface area contributed by atoms with Crippen LogP contribution < -0.4 is 11.1 Å². The Morgan fingerprint density at radius 3 is 2.94 bits per heavy atom. The minimum Gasteiger partial charge on any atom is -0.369 e. The molecule has 1 heterocycles. The molecule has 0 spiro atoms. The first kappa shape index (κ1) is 13.1. The number of carbonyl (C=O) groups is 1. The molecular formula is C12H13ClN2O3. The van der Waals surface area contributed by atoms with Crippen LogP contribution in [0.25, 0.3) is 0 Å². The van der Waals surface area contributed by atoms with E-state index in [1.807, 2.05) is 5.94 Å². The summed E-state index contributed by atoms with van der Waals surface area (Å²) in [6.07, 6.45) is 3.29. The second-order valence-corrected chi connectivity index (χ2v) is 4.64. The summed E-state index contributed by atoms with van der Waals surface area (Å²) in [6.45, 7) is 0.798. The first-order valence-electron chi connectivity index (χ1n) is 5.56. The SMILES string of the molecule is NC(=O)C1=CCC(=C=O)C=C1C1CNC(Cl)CO1. The molecular weight excluding hydrogens is 256 g/mol. The van der Waals surface area contributed by atoms with E-state index >= 15 is 0 Å². The van der Waals surface area contributed by atoms with Crippen LogP contribution in [0.3, 0.4) is 0 Å². The van der Waals surface area contributed by atoms with Gasteiger partial charge in [-0.25, -0.2) is 4.79 Å². The Morgan fingerprint density at radius 2 is 2.39 bits per heavy atom. The van der Waals surface area contributed by atoms with E-state index in [4.69, 9.17) is 22.1 Å². The summed E-state index contributed by atoms with van der Waals surface area (Å²) in [7, 11) is 0. The zero-order valence-electron chi connectivity index (χ0n) is 9.61. The molecule has 0 aromatic rings.